The van der Waals surface area contributed by atoms with Crippen molar-refractivity contribution in [1.29, 1.82) is 0 Å². The number of carbonyl (C=O) groups is 1. The zero-order valence-electron chi connectivity index (χ0n) is 10.5. The lowest BCUT2D eigenvalue weighted by atomic mass is 9.91. The maximum atomic E-state index is 13.2. The number of halogens is 1. The number of nitrogens with two attached hydrogens (primary N) is 1. The van der Waals surface area contributed by atoms with E-state index in [0.717, 1.165) is 37.5 Å². The van der Waals surface area contributed by atoms with E-state index in [1.807, 2.05) is 0 Å². The highest BCUT2D eigenvalue weighted by Gasteiger charge is 2.29. The summed E-state index contributed by atoms with van der Waals surface area (Å²) in [6, 6.07) is 2.99. The third kappa shape index (κ3) is 2.76. The van der Waals surface area contributed by atoms with Crippen LogP contribution < -0.4 is 5.14 Å². The maximum Gasteiger partial charge on any atom is 0.255 e. The molecule has 1 aromatic carbocycles. The van der Waals surface area contributed by atoms with Crippen molar-refractivity contribution in [3.63, 3.8) is 0 Å². The summed E-state index contributed by atoms with van der Waals surface area (Å²) >= 11 is 0. The van der Waals surface area contributed by atoms with Crippen LogP contribution in [0.3, 0.4) is 0 Å². The summed E-state index contributed by atoms with van der Waals surface area (Å²) in [4.78, 5) is 13.3. The first kappa shape index (κ1) is 14.0. The van der Waals surface area contributed by atoms with Crippen molar-refractivity contribution in [2.24, 2.45) is 5.14 Å². The molecule has 1 fully saturated rings. The monoisotopic (exact) mass is 286 g/mol. The lowest BCUT2D eigenvalue weighted by Crippen LogP contribution is -2.41. The quantitative estimate of drug-likeness (QED) is 0.903. The van der Waals surface area contributed by atoms with Crippen molar-refractivity contribution in [3.8, 4) is 0 Å². The van der Waals surface area contributed by atoms with E-state index in [1.54, 1.807) is 7.05 Å². The molecular formula is C12H15FN2O3S. The minimum absolute atomic E-state index is 0.0871. The normalized spacial score (nSPS) is 15.9. The van der Waals surface area contributed by atoms with E-state index in [0.29, 0.717) is 0 Å². The Morgan fingerprint density at radius 2 is 2.05 bits per heavy atom. The van der Waals surface area contributed by atoms with Gasteiger partial charge in [0.15, 0.2) is 0 Å². The molecule has 0 heterocycles. The minimum atomic E-state index is -4.06. The molecule has 1 aliphatic carbocycles. The summed E-state index contributed by atoms with van der Waals surface area (Å²) < 4.78 is 36.1. The van der Waals surface area contributed by atoms with E-state index in [1.165, 1.54) is 4.90 Å². The summed E-state index contributed by atoms with van der Waals surface area (Å²) in [7, 11) is -2.47. The maximum absolute atomic E-state index is 13.2. The Morgan fingerprint density at radius 3 is 2.53 bits per heavy atom. The van der Waals surface area contributed by atoms with Gasteiger partial charge in [-0.2, -0.15) is 0 Å². The molecule has 1 aliphatic rings. The number of hydrogen-bond donors (Lipinski definition) is 1. The second-order valence-corrected chi connectivity index (χ2v) is 6.22. The highest BCUT2D eigenvalue weighted by molar-refractivity contribution is 7.89. The zero-order chi connectivity index (χ0) is 14.2. The average molecular weight is 286 g/mol. The summed E-state index contributed by atoms with van der Waals surface area (Å²) in [5.74, 6) is -1.19. The van der Waals surface area contributed by atoms with Gasteiger partial charge < -0.3 is 4.90 Å². The van der Waals surface area contributed by atoms with E-state index < -0.39 is 21.7 Å². The molecule has 1 aromatic rings. The molecule has 0 radical (unpaired) electrons. The number of sulfonamides is 1. The zero-order valence-corrected chi connectivity index (χ0v) is 11.3. The van der Waals surface area contributed by atoms with E-state index in [-0.39, 0.29) is 16.5 Å². The minimum Gasteiger partial charge on any atom is -0.339 e. The first-order chi connectivity index (χ1) is 8.80. The van der Waals surface area contributed by atoms with E-state index in [4.69, 9.17) is 5.14 Å². The molecular weight excluding hydrogens is 271 g/mol. The van der Waals surface area contributed by atoms with Crippen LogP contribution in [0.1, 0.15) is 29.6 Å². The second-order valence-electron chi connectivity index (χ2n) is 4.69. The van der Waals surface area contributed by atoms with Crippen LogP contribution in [-0.2, 0) is 10.0 Å². The fourth-order valence-corrected chi connectivity index (χ4v) is 2.76. The highest BCUT2D eigenvalue weighted by atomic mass is 32.2. The standard InChI is InChI=1S/C12H15FN2O3S/c1-15(9-3-2-4-9)12(16)10-7-8(13)5-6-11(10)19(14,17)18/h5-7,9H,2-4H2,1H3,(H2,14,17,18). The fourth-order valence-electron chi connectivity index (χ4n) is 2.05. The molecule has 2 rings (SSSR count). The first-order valence-electron chi connectivity index (χ1n) is 5.90. The molecule has 7 heteroatoms. The van der Waals surface area contributed by atoms with Gasteiger partial charge in [0.2, 0.25) is 10.0 Å². The van der Waals surface area contributed by atoms with Gasteiger partial charge in [-0.1, -0.05) is 0 Å². The highest BCUT2D eigenvalue weighted by Crippen LogP contribution is 2.26. The molecule has 0 bridgehead atoms. The van der Waals surface area contributed by atoms with Crippen LogP contribution in [0.4, 0.5) is 4.39 Å². The molecule has 0 aliphatic heterocycles. The van der Waals surface area contributed by atoms with Crippen LogP contribution in [0.15, 0.2) is 23.1 Å². The van der Waals surface area contributed by atoms with Crippen molar-refractivity contribution >= 4 is 15.9 Å². The number of hydrogen-bond acceptors (Lipinski definition) is 3. The lowest BCUT2D eigenvalue weighted by Gasteiger charge is -2.35. The molecule has 0 atom stereocenters. The van der Waals surface area contributed by atoms with Crippen molar-refractivity contribution in [2.45, 2.75) is 30.2 Å². The largest absolute Gasteiger partial charge is 0.339 e. The van der Waals surface area contributed by atoms with Gasteiger partial charge in [0.05, 0.1) is 10.5 Å². The third-order valence-electron chi connectivity index (χ3n) is 3.42. The molecule has 0 aromatic heterocycles. The Balaban J connectivity index is 2.42. The molecule has 104 valence electrons. The Morgan fingerprint density at radius 1 is 1.42 bits per heavy atom. The van der Waals surface area contributed by atoms with Crippen molar-refractivity contribution in [2.75, 3.05) is 7.05 Å². The smallest absolute Gasteiger partial charge is 0.255 e. The SMILES string of the molecule is CN(C(=O)c1cc(F)ccc1S(N)(=O)=O)C1CCC1. The first-order valence-corrected chi connectivity index (χ1v) is 7.45. The summed E-state index contributed by atoms with van der Waals surface area (Å²) in [6.07, 6.45) is 2.79. The van der Waals surface area contributed by atoms with Crippen molar-refractivity contribution < 1.29 is 17.6 Å². The summed E-state index contributed by atoms with van der Waals surface area (Å²) in [6.45, 7) is 0. The molecule has 19 heavy (non-hydrogen) atoms. The van der Waals surface area contributed by atoms with Crippen LogP contribution >= 0.6 is 0 Å². The van der Waals surface area contributed by atoms with Gasteiger partial charge in [0.25, 0.3) is 5.91 Å². The molecule has 1 saturated carbocycles. The van der Waals surface area contributed by atoms with Gasteiger partial charge >= 0.3 is 0 Å². The Hall–Kier alpha value is -1.47. The van der Waals surface area contributed by atoms with Gasteiger partial charge in [-0.3, -0.25) is 4.79 Å². The number of benzene rings is 1. The van der Waals surface area contributed by atoms with Crippen LogP contribution in [0.2, 0.25) is 0 Å². The van der Waals surface area contributed by atoms with Crippen LogP contribution in [0.25, 0.3) is 0 Å². The molecule has 5 nitrogen and oxygen atoms in total. The number of carbonyl (C=O) groups excluding carboxylic acids is 1. The average Bonchev–Trinajstić information content (AvgIpc) is 2.23. The second kappa shape index (κ2) is 4.90. The molecule has 0 saturated heterocycles. The molecule has 1 amide bonds. The summed E-state index contributed by atoms with van der Waals surface area (Å²) in [5, 5.41) is 5.05. The van der Waals surface area contributed by atoms with Gasteiger partial charge in [0.1, 0.15) is 5.82 Å². The van der Waals surface area contributed by atoms with E-state index in [2.05, 4.69) is 0 Å². The Kier molecular flexibility index (Phi) is 3.60. The number of primary sulfonamides is 1. The summed E-state index contributed by atoms with van der Waals surface area (Å²) in [5.41, 5.74) is -0.211. The van der Waals surface area contributed by atoms with Crippen LogP contribution in [0.5, 0.6) is 0 Å². The van der Waals surface area contributed by atoms with Gasteiger partial charge in [-0.05, 0) is 37.5 Å². The van der Waals surface area contributed by atoms with E-state index in [9.17, 15) is 17.6 Å². The predicted molar refractivity (Wildman–Crippen MR) is 67.5 cm³/mol. The lowest BCUT2D eigenvalue weighted by molar-refractivity contribution is 0.0647. The van der Waals surface area contributed by atoms with Crippen molar-refractivity contribution in [1.82, 2.24) is 4.90 Å². The Labute approximate surface area is 111 Å². The molecule has 0 spiro atoms. The van der Waals surface area contributed by atoms with E-state index >= 15 is 0 Å². The Bertz CT molecular complexity index is 611. The molecule has 0 unspecified atom stereocenters. The van der Waals surface area contributed by atoms with Crippen LogP contribution in [-0.4, -0.2) is 32.3 Å². The van der Waals surface area contributed by atoms with Gasteiger partial charge in [0, 0.05) is 13.1 Å². The fraction of sp³-hybridized carbons (Fsp3) is 0.417. The van der Waals surface area contributed by atoms with Crippen LogP contribution in [0, 0.1) is 5.82 Å². The number of amides is 1. The number of rotatable bonds is 3. The molecule has 2 N–H and O–H groups in total. The van der Waals surface area contributed by atoms with Gasteiger partial charge in [-0.25, -0.2) is 17.9 Å². The topological polar surface area (TPSA) is 80.5 Å². The van der Waals surface area contributed by atoms with Crippen molar-refractivity contribution in [3.05, 3.63) is 29.6 Å². The predicted octanol–water partition coefficient (Wildman–Crippen LogP) is 1.10. The van der Waals surface area contributed by atoms with Gasteiger partial charge in [-0.15, -0.1) is 0 Å². The number of nitrogens with zero attached hydrogens (tertiary/aromatic N) is 1. The third-order valence-corrected chi connectivity index (χ3v) is 4.39.